The van der Waals surface area contributed by atoms with E-state index in [1.54, 1.807) is 18.3 Å². The predicted octanol–water partition coefficient (Wildman–Crippen LogP) is 1.77. The summed E-state index contributed by atoms with van der Waals surface area (Å²) in [6, 6.07) is 5.55. The van der Waals surface area contributed by atoms with Crippen LogP contribution in [0.15, 0.2) is 18.3 Å². The van der Waals surface area contributed by atoms with Crippen LogP contribution in [0, 0.1) is 17.2 Å². The van der Waals surface area contributed by atoms with Crippen LogP contribution in [-0.2, 0) is 0 Å². The van der Waals surface area contributed by atoms with Crippen LogP contribution in [-0.4, -0.2) is 22.7 Å². The second-order valence-corrected chi connectivity index (χ2v) is 4.18. The first kappa shape index (κ1) is 12.5. The molecule has 0 saturated heterocycles. The number of aliphatic hydroxyl groups is 1. The lowest BCUT2D eigenvalue weighted by Gasteiger charge is -2.14. The lowest BCUT2D eigenvalue weighted by molar-refractivity contribution is 0.161. The van der Waals surface area contributed by atoms with E-state index in [0.717, 1.165) is 6.42 Å². The fourth-order valence-corrected chi connectivity index (χ4v) is 1.49. The predicted molar refractivity (Wildman–Crippen MR) is 62.9 cm³/mol. The Labute approximate surface area is 95.9 Å². The molecule has 16 heavy (non-hydrogen) atoms. The van der Waals surface area contributed by atoms with Crippen molar-refractivity contribution in [1.82, 2.24) is 4.98 Å². The maximum Gasteiger partial charge on any atom is 0.163 e. The van der Waals surface area contributed by atoms with Crippen LogP contribution in [0.3, 0.4) is 0 Å². The molecule has 0 spiro atoms. The zero-order chi connectivity index (χ0) is 12.0. The molecule has 86 valence electrons. The fourth-order valence-electron chi connectivity index (χ4n) is 1.49. The lowest BCUT2D eigenvalue weighted by Crippen LogP contribution is -2.21. The lowest BCUT2D eigenvalue weighted by atomic mass is 10.1. The third kappa shape index (κ3) is 3.87. The van der Waals surface area contributed by atoms with Gasteiger partial charge >= 0.3 is 0 Å². The van der Waals surface area contributed by atoms with E-state index in [4.69, 9.17) is 5.26 Å². The number of nitrogens with one attached hydrogen (secondary N) is 1. The summed E-state index contributed by atoms with van der Waals surface area (Å²) in [4.78, 5) is 3.93. The Hall–Kier alpha value is -1.60. The van der Waals surface area contributed by atoms with Crippen molar-refractivity contribution in [3.63, 3.8) is 0 Å². The molecule has 0 aliphatic rings. The van der Waals surface area contributed by atoms with Crippen LogP contribution >= 0.6 is 0 Å². The monoisotopic (exact) mass is 219 g/mol. The first-order valence-electron chi connectivity index (χ1n) is 5.40. The molecule has 1 rings (SSSR count). The van der Waals surface area contributed by atoms with Gasteiger partial charge in [-0.15, -0.1) is 0 Å². The molecule has 0 bridgehead atoms. The van der Waals surface area contributed by atoms with Gasteiger partial charge in [0.1, 0.15) is 6.07 Å². The largest absolute Gasteiger partial charge is 0.391 e. The summed E-state index contributed by atoms with van der Waals surface area (Å²) < 4.78 is 0. The zero-order valence-electron chi connectivity index (χ0n) is 9.64. The molecule has 1 unspecified atom stereocenters. The Morgan fingerprint density at radius 3 is 2.94 bits per heavy atom. The minimum absolute atomic E-state index is 0.360. The Bertz CT molecular complexity index is 371. The third-order valence-corrected chi connectivity index (χ3v) is 2.19. The molecule has 1 aromatic heterocycles. The standard InChI is InChI=1S/C12H17N3O/c1-9(2)6-10(16)8-15-11-4-3-5-14-12(11)7-13/h3-5,9-10,15-16H,6,8H2,1-2H3. The number of hydrogen-bond acceptors (Lipinski definition) is 4. The second-order valence-electron chi connectivity index (χ2n) is 4.18. The van der Waals surface area contributed by atoms with Crippen molar-refractivity contribution >= 4 is 5.69 Å². The molecule has 0 aliphatic carbocycles. The molecule has 0 fully saturated rings. The van der Waals surface area contributed by atoms with Crippen molar-refractivity contribution in [3.05, 3.63) is 24.0 Å². The highest BCUT2D eigenvalue weighted by Gasteiger charge is 2.08. The first-order valence-corrected chi connectivity index (χ1v) is 5.40. The second kappa shape index (κ2) is 6.09. The molecular weight excluding hydrogens is 202 g/mol. The van der Waals surface area contributed by atoms with Gasteiger partial charge in [0.25, 0.3) is 0 Å². The van der Waals surface area contributed by atoms with Crippen molar-refractivity contribution in [2.75, 3.05) is 11.9 Å². The van der Waals surface area contributed by atoms with Crippen molar-refractivity contribution in [3.8, 4) is 6.07 Å². The Morgan fingerprint density at radius 1 is 1.56 bits per heavy atom. The average Bonchev–Trinajstić information content (AvgIpc) is 2.26. The third-order valence-electron chi connectivity index (χ3n) is 2.19. The summed E-state index contributed by atoms with van der Waals surface area (Å²) in [5.74, 6) is 0.459. The first-order chi connectivity index (χ1) is 7.63. The van der Waals surface area contributed by atoms with E-state index in [0.29, 0.717) is 23.8 Å². The number of anilines is 1. The Morgan fingerprint density at radius 2 is 2.31 bits per heavy atom. The summed E-state index contributed by atoms with van der Waals surface area (Å²) in [7, 11) is 0. The van der Waals surface area contributed by atoms with Gasteiger partial charge in [-0.05, 0) is 24.5 Å². The van der Waals surface area contributed by atoms with Crippen LogP contribution < -0.4 is 5.32 Å². The quantitative estimate of drug-likeness (QED) is 0.792. The summed E-state index contributed by atoms with van der Waals surface area (Å²) in [5.41, 5.74) is 1.03. The van der Waals surface area contributed by atoms with Gasteiger partial charge in [-0.25, -0.2) is 4.98 Å². The molecule has 4 heteroatoms. The van der Waals surface area contributed by atoms with Crippen LogP contribution in [0.5, 0.6) is 0 Å². The molecule has 0 amide bonds. The molecule has 1 heterocycles. The molecule has 0 aliphatic heterocycles. The van der Waals surface area contributed by atoms with E-state index in [-0.39, 0.29) is 0 Å². The van der Waals surface area contributed by atoms with E-state index < -0.39 is 6.10 Å². The van der Waals surface area contributed by atoms with Crippen LogP contribution in [0.2, 0.25) is 0 Å². The van der Waals surface area contributed by atoms with Gasteiger partial charge in [0, 0.05) is 12.7 Å². The molecule has 0 aromatic carbocycles. The van der Waals surface area contributed by atoms with Gasteiger partial charge < -0.3 is 10.4 Å². The number of nitrogens with zero attached hydrogens (tertiary/aromatic N) is 2. The van der Waals surface area contributed by atoms with Gasteiger partial charge in [0.2, 0.25) is 0 Å². The Balaban J connectivity index is 2.52. The summed E-state index contributed by atoms with van der Waals surface area (Å²) in [6.07, 6.45) is 1.93. The van der Waals surface area contributed by atoms with Gasteiger partial charge in [-0.1, -0.05) is 13.8 Å². The number of rotatable bonds is 5. The minimum Gasteiger partial charge on any atom is -0.391 e. The zero-order valence-corrected chi connectivity index (χ0v) is 9.64. The van der Waals surface area contributed by atoms with Gasteiger partial charge in [0.15, 0.2) is 5.69 Å². The topological polar surface area (TPSA) is 68.9 Å². The van der Waals surface area contributed by atoms with E-state index in [9.17, 15) is 5.11 Å². The van der Waals surface area contributed by atoms with E-state index in [2.05, 4.69) is 24.1 Å². The molecule has 0 saturated carbocycles. The van der Waals surface area contributed by atoms with Gasteiger partial charge in [0.05, 0.1) is 11.8 Å². The highest BCUT2D eigenvalue weighted by Crippen LogP contribution is 2.11. The normalized spacial score (nSPS) is 12.2. The number of nitriles is 1. The molecule has 1 atom stereocenters. The molecule has 1 aromatic rings. The van der Waals surface area contributed by atoms with Crippen molar-refractivity contribution < 1.29 is 5.11 Å². The molecule has 4 nitrogen and oxygen atoms in total. The number of aliphatic hydroxyl groups excluding tert-OH is 1. The van der Waals surface area contributed by atoms with Crippen LogP contribution in [0.1, 0.15) is 26.0 Å². The molecule has 0 radical (unpaired) electrons. The Kier molecular flexibility index (Phi) is 4.74. The SMILES string of the molecule is CC(C)CC(O)CNc1cccnc1C#N. The smallest absolute Gasteiger partial charge is 0.163 e. The van der Waals surface area contributed by atoms with Gasteiger partial charge in [-0.3, -0.25) is 0 Å². The van der Waals surface area contributed by atoms with Crippen LogP contribution in [0.25, 0.3) is 0 Å². The highest BCUT2D eigenvalue weighted by atomic mass is 16.3. The average molecular weight is 219 g/mol. The minimum atomic E-state index is -0.397. The fraction of sp³-hybridized carbons (Fsp3) is 0.500. The van der Waals surface area contributed by atoms with Crippen molar-refractivity contribution in [2.24, 2.45) is 5.92 Å². The van der Waals surface area contributed by atoms with Crippen molar-refractivity contribution in [2.45, 2.75) is 26.4 Å². The number of pyridine rings is 1. The number of aromatic nitrogens is 1. The summed E-state index contributed by atoms with van der Waals surface area (Å²) in [5, 5.41) is 21.5. The van der Waals surface area contributed by atoms with Crippen LogP contribution in [0.4, 0.5) is 5.69 Å². The maximum atomic E-state index is 9.68. The molecular formula is C12H17N3O. The van der Waals surface area contributed by atoms with E-state index in [1.807, 2.05) is 6.07 Å². The van der Waals surface area contributed by atoms with E-state index >= 15 is 0 Å². The molecule has 2 N–H and O–H groups in total. The van der Waals surface area contributed by atoms with E-state index in [1.165, 1.54) is 0 Å². The number of hydrogen-bond donors (Lipinski definition) is 2. The van der Waals surface area contributed by atoms with Crippen molar-refractivity contribution in [1.29, 1.82) is 5.26 Å². The summed E-state index contributed by atoms with van der Waals surface area (Å²) in [6.45, 7) is 4.57. The summed E-state index contributed by atoms with van der Waals surface area (Å²) >= 11 is 0. The highest BCUT2D eigenvalue weighted by molar-refractivity contribution is 5.53. The maximum absolute atomic E-state index is 9.68. The van der Waals surface area contributed by atoms with Gasteiger partial charge in [-0.2, -0.15) is 5.26 Å².